The van der Waals surface area contributed by atoms with Crippen LogP contribution in [0.1, 0.15) is 12.8 Å². The van der Waals surface area contributed by atoms with Crippen LogP contribution in [0.3, 0.4) is 0 Å². The first-order valence-electron chi connectivity index (χ1n) is 6.27. The SMILES string of the molecule is COC(=O)C1CCCN1C(=O)CSc1ccccc1. The summed E-state index contributed by atoms with van der Waals surface area (Å²) >= 11 is 1.49. The van der Waals surface area contributed by atoms with Gasteiger partial charge in [0.1, 0.15) is 6.04 Å². The number of likely N-dealkylation sites (tertiary alicyclic amines) is 1. The third-order valence-corrected chi connectivity index (χ3v) is 4.15. The van der Waals surface area contributed by atoms with Gasteiger partial charge < -0.3 is 9.64 Å². The molecule has 19 heavy (non-hydrogen) atoms. The molecule has 0 aliphatic carbocycles. The monoisotopic (exact) mass is 279 g/mol. The number of hydrogen-bond acceptors (Lipinski definition) is 4. The number of carbonyl (C=O) groups excluding carboxylic acids is 2. The van der Waals surface area contributed by atoms with Crippen molar-refractivity contribution in [1.82, 2.24) is 4.90 Å². The van der Waals surface area contributed by atoms with Crippen molar-refractivity contribution in [3.8, 4) is 0 Å². The molecular weight excluding hydrogens is 262 g/mol. The second-order valence-corrected chi connectivity index (χ2v) is 5.42. The van der Waals surface area contributed by atoms with Gasteiger partial charge in [-0.05, 0) is 25.0 Å². The summed E-state index contributed by atoms with van der Waals surface area (Å²) in [5, 5.41) is 0. The molecule has 2 rings (SSSR count). The first-order valence-corrected chi connectivity index (χ1v) is 7.26. The van der Waals surface area contributed by atoms with Crippen molar-refractivity contribution < 1.29 is 14.3 Å². The van der Waals surface area contributed by atoms with E-state index in [2.05, 4.69) is 0 Å². The van der Waals surface area contributed by atoms with Crippen molar-refractivity contribution in [1.29, 1.82) is 0 Å². The Morgan fingerprint density at radius 3 is 2.79 bits per heavy atom. The lowest BCUT2D eigenvalue weighted by atomic mass is 10.2. The standard InChI is InChI=1S/C14H17NO3S/c1-18-14(17)12-8-5-9-15(12)13(16)10-19-11-6-3-2-4-7-11/h2-4,6-7,12H,5,8-10H2,1H3. The fourth-order valence-corrected chi connectivity index (χ4v) is 3.00. The lowest BCUT2D eigenvalue weighted by Gasteiger charge is -2.22. The summed E-state index contributed by atoms with van der Waals surface area (Å²) in [4.78, 5) is 26.4. The van der Waals surface area contributed by atoms with Gasteiger partial charge >= 0.3 is 5.97 Å². The number of ether oxygens (including phenoxy) is 1. The summed E-state index contributed by atoms with van der Waals surface area (Å²) in [5.41, 5.74) is 0. The first kappa shape index (κ1) is 13.9. The molecule has 1 aliphatic rings. The predicted molar refractivity (Wildman–Crippen MR) is 73.9 cm³/mol. The van der Waals surface area contributed by atoms with Gasteiger partial charge in [-0.25, -0.2) is 4.79 Å². The average molecular weight is 279 g/mol. The largest absolute Gasteiger partial charge is 0.467 e. The highest BCUT2D eigenvalue weighted by molar-refractivity contribution is 8.00. The fourth-order valence-electron chi connectivity index (χ4n) is 2.19. The summed E-state index contributed by atoms with van der Waals surface area (Å²) < 4.78 is 4.74. The Morgan fingerprint density at radius 2 is 2.11 bits per heavy atom. The van der Waals surface area contributed by atoms with E-state index >= 15 is 0 Å². The van der Waals surface area contributed by atoms with Crippen LogP contribution in [0.25, 0.3) is 0 Å². The third-order valence-electron chi connectivity index (χ3n) is 3.15. The molecule has 0 N–H and O–H groups in total. The van der Waals surface area contributed by atoms with E-state index in [1.54, 1.807) is 4.90 Å². The smallest absolute Gasteiger partial charge is 0.328 e. The van der Waals surface area contributed by atoms with Crippen LogP contribution in [0.15, 0.2) is 35.2 Å². The Labute approximate surface area is 117 Å². The lowest BCUT2D eigenvalue weighted by Crippen LogP contribution is -2.41. The molecule has 1 aromatic carbocycles. The van der Waals surface area contributed by atoms with Gasteiger partial charge in [-0.1, -0.05) is 18.2 Å². The van der Waals surface area contributed by atoms with Crippen LogP contribution >= 0.6 is 11.8 Å². The molecule has 0 saturated carbocycles. The maximum absolute atomic E-state index is 12.1. The molecule has 0 bridgehead atoms. The summed E-state index contributed by atoms with van der Waals surface area (Å²) in [6, 6.07) is 9.38. The zero-order valence-corrected chi connectivity index (χ0v) is 11.7. The Balaban J connectivity index is 1.90. The minimum absolute atomic E-state index is 0.00162. The van der Waals surface area contributed by atoms with Gasteiger partial charge in [-0.3, -0.25) is 4.79 Å². The van der Waals surface area contributed by atoms with Crippen molar-refractivity contribution in [3.05, 3.63) is 30.3 Å². The van der Waals surface area contributed by atoms with Crippen molar-refractivity contribution in [2.75, 3.05) is 19.4 Å². The van der Waals surface area contributed by atoms with E-state index in [-0.39, 0.29) is 11.9 Å². The summed E-state index contributed by atoms with van der Waals surface area (Å²) in [7, 11) is 1.36. The lowest BCUT2D eigenvalue weighted by molar-refractivity contribution is -0.150. The van der Waals surface area contributed by atoms with E-state index < -0.39 is 6.04 Å². The molecule has 1 heterocycles. The molecule has 0 radical (unpaired) electrons. The Bertz CT molecular complexity index is 449. The number of amides is 1. The van der Waals surface area contributed by atoms with Gasteiger partial charge in [0.25, 0.3) is 0 Å². The molecule has 1 unspecified atom stereocenters. The van der Waals surface area contributed by atoms with E-state index in [1.807, 2.05) is 30.3 Å². The Kier molecular flexibility index (Phi) is 4.85. The van der Waals surface area contributed by atoms with Crippen LogP contribution < -0.4 is 0 Å². The van der Waals surface area contributed by atoms with E-state index in [0.717, 1.165) is 11.3 Å². The molecular formula is C14H17NO3S. The molecule has 5 heteroatoms. The van der Waals surface area contributed by atoms with Gasteiger partial charge in [0, 0.05) is 11.4 Å². The van der Waals surface area contributed by atoms with E-state index in [4.69, 9.17) is 4.74 Å². The van der Waals surface area contributed by atoms with Crippen molar-refractivity contribution >= 4 is 23.6 Å². The number of hydrogen-bond donors (Lipinski definition) is 0. The number of benzene rings is 1. The number of thioether (sulfide) groups is 1. The van der Waals surface area contributed by atoms with Gasteiger partial charge in [0.15, 0.2) is 0 Å². The number of carbonyl (C=O) groups is 2. The van der Waals surface area contributed by atoms with E-state index in [1.165, 1.54) is 18.9 Å². The number of methoxy groups -OCH3 is 1. The van der Waals surface area contributed by atoms with Crippen LogP contribution in [0.5, 0.6) is 0 Å². The van der Waals surface area contributed by atoms with Gasteiger partial charge in [0.05, 0.1) is 12.9 Å². The molecule has 1 atom stereocenters. The van der Waals surface area contributed by atoms with E-state index in [9.17, 15) is 9.59 Å². The molecule has 1 aromatic rings. The Morgan fingerprint density at radius 1 is 1.37 bits per heavy atom. The zero-order chi connectivity index (χ0) is 13.7. The van der Waals surface area contributed by atoms with Crippen LogP contribution in [0.4, 0.5) is 0 Å². The topological polar surface area (TPSA) is 46.6 Å². The average Bonchev–Trinajstić information content (AvgIpc) is 2.94. The normalized spacial score (nSPS) is 18.4. The molecule has 1 saturated heterocycles. The number of nitrogens with zero attached hydrogens (tertiary/aromatic N) is 1. The van der Waals surface area contributed by atoms with Crippen LogP contribution in [0, 0.1) is 0 Å². The van der Waals surface area contributed by atoms with Crippen molar-refractivity contribution in [2.45, 2.75) is 23.8 Å². The minimum Gasteiger partial charge on any atom is -0.467 e. The second kappa shape index (κ2) is 6.61. The number of rotatable bonds is 4. The first-order chi connectivity index (χ1) is 9.22. The molecule has 1 fully saturated rings. The Hall–Kier alpha value is -1.49. The van der Waals surface area contributed by atoms with Gasteiger partial charge in [-0.15, -0.1) is 11.8 Å². The minimum atomic E-state index is -0.395. The molecule has 0 spiro atoms. The molecule has 4 nitrogen and oxygen atoms in total. The quantitative estimate of drug-likeness (QED) is 0.624. The summed E-state index contributed by atoms with van der Waals surface area (Å²) in [5.74, 6) is 0.0506. The second-order valence-electron chi connectivity index (χ2n) is 4.37. The highest BCUT2D eigenvalue weighted by atomic mass is 32.2. The third kappa shape index (κ3) is 3.50. The predicted octanol–water partition coefficient (Wildman–Crippen LogP) is 1.94. The molecule has 1 amide bonds. The summed E-state index contributed by atoms with van der Waals surface area (Å²) in [6.07, 6.45) is 1.57. The van der Waals surface area contributed by atoms with Crippen LogP contribution in [0.2, 0.25) is 0 Å². The summed E-state index contributed by atoms with van der Waals surface area (Å²) in [6.45, 7) is 0.647. The van der Waals surface area contributed by atoms with Crippen molar-refractivity contribution in [3.63, 3.8) is 0 Å². The maximum atomic E-state index is 12.1. The van der Waals surface area contributed by atoms with Gasteiger partial charge in [-0.2, -0.15) is 0 Å². The highest BCUT2D eigenvalue weighted by Gasteiger charge is 2.34. The van der Waals surface area contributed by atoms with Gasteiger partial charge in [0.2, 0.25) is 5.91 Å². The molecule has 102 valence electrons. The zero-order valence-electron chi connectivity index (χ0n) is 10.9. The van der Waals surface area contributed by atoms with Crippen molar-refractivity contribution in [2.24, 2.45) is 0 Å². The highest BCUT2D eigenvalue weighted by Crippen LogP contribution is 2.22. The van der Waals surface area contributed by atoms with Crippen LogP contribution in [-0.2, 0) is 14.3 Å². The number of esters is 1. The maximum Gasteiger partial charge on any atom is 0.328 e. The molecule has 1 aliphatic heterocycles. The fraction of sp³-hybridized carbons (Fsp3) is 0.429. The van der Waals surface area contributed by atoms with E-state index in [0.29, 0.717) is 18.7 Å². The van der Waals surface area contributed by atoms with Crippen LogP contribution in [-0.4, -0.2) is 42.2 Å². The molecule has 0 aromatic heterocycles.